The van der Waals surface area contributed by atoms with E-state index in [1.54, 1.807) is 12.1 Å². The summed E-state index contributed by atoms with van der Waals surface area (Å²) >= 11 is 0. The number of rotatable bonds is 7. The number of aromatic nitrogens is 2. The van der Waals surface area contributed by atoms with E-state index in [4.69, 9.17) is 9.47 Å². The van der Waals surface area contributed by atoms with Crippen molar-refractivity contribution in [3.63, 3.8) is 0 Å². The van der Waals surface area contributed by atoms with Crippen molar-refractivity contribution in [1.29, 1.82) is 0 Å². The second-order valence-corrected chi connectivity index (χ2v) is 6.98. The van der Waals surface area contributed by atoms with Gasteiger partial charge in [0, 0.05) is 25.2 Å². The predicted octanol–water partition coefficient (Wildman–Crippen LogP) is 2.36. The molecule has 0 aliphatic carbocycles. The summed E-state index contributed by atoms with van der Waals surface area (Å²) in [4.78, 5) is 30.6. The maximum atomic E-state index is 13.0. The molecule has 1 N–H and O–H groups in total. The van der Waals surface area contributed by atoms with Crippen LogP contribution in [0.1, 0.15) is 40.0 Å². The van der Waals surface area contributed by atoms with Crippen LogP contribution in [0.2, 0.25) is 0 Å². The number of aromatic amines is 1. The highest BCUT2D eigenvalue weighted by molar-refractivity contribution is 5.81. The maximum Gasteiger partial charge on any atom is 0.328 e. The van der Waals surface area contributed by atoms with Gasteiger partial charge in [-0.15, -0.1) is 0 Å². The molecule has 1 atom stereocenters. The van der Waals surface area contributed by atoms with Crippen molar-refractivity contribution in [2.75, 3.05) is 26.3 Å². The highest BCUT2D eigenvalue weighted by Gasteiger charge is 2.19. The van der Waals surface area contributed by atoms with Gasteiger partial charge in [0.25, 0.3) is 5.56 Å². The molecule has 1 aromatic heterocycles. The molecule has 0 amide bonds. The molecule has 0 bridgehead atoms. The number of piperidine rings is 1. The molecule has 1 saturated heterocycles. The van der Waals surface area contributed by atoms with Gasteiger partial charge >= 0.3 is 5.69 Å². The van der Waals surface area contributed by atoms with E-state index in [1.165, 1.54) is 23.8 Å². The standard InChI is InChI=1S/C20H29N3O4/c1-4-26-17-12-15-16(13-18(17)27-5-2)21-20(25)23(19(15)24)11-10-22-9-7-6-8-14(22)3/h12-14H,4-11H2,1-3H3,(H,21,25). The third-order valence-electron chi connectivity index (χ3n) is 5.20. The largest absolute Gasteiger partial charge is 0.490 e. The summed E-state index contributed by atoms with van der Waals surface area (Å²) in [5.41, 5.74) is -0.203. The predicted molar refractivity (Wildman–Crippen MR) is 106 cm³/mol. The summed E-state index contributed by atoms with van der Waals surface area (Å²) in [7, 11) is 0. The zero-order chi connectivity index (χ0) is 19.4. The van der Waals surface area contributed by atoms with Crippen molar-refractivity contribution in [2.45, 2.75) is 52.6 Å². The lowest BCUT2D eigenvalue weighted by atomic mass is 10.0. The molecular formula is C20H29N3O4. The van der Waals surface area contributed by atoms with E-state index in [2.05, 4.69) is 16.8 Å². The van der Waals surface area contributed by atoms with Crippen LogP contribution in [-0.2, 0) is 6.54 Å². The molecule has 0 radical (unpaired) electrons. The first kappa shape index (κ1) is 19.5. The number of H-pyrrole nitrogens is 1. The molecular weight excluding hydrogens is 346 g/mol. The highest BCUT2D eigenvalue weighted by Crippen LogP contribution is 2.30. The van der Waals surface area contributed by atoms with Gasteiger partial charge in [0.1, 0.15) is 0 Å². The van der Waals surface area contributed by atoms with E-state index in [0.717, 1.165) is 6.54 Å². The van der Waals surface area contributed by atoms with Crippen molar-refractivity contribution in [1.82, 2.24) is 14.5 Å². The quantitative estimate of drug-likeness (QED) is 0.804. The Morgan fingerprint density at radius 1 is 1.07 bits per heavy atom. The Morgan fingerprint density at radius 2 is 1.78 bits per heavy atom. The Morgan fingerprint density at radius 3 is 2.44 bits per heavy atom. The molecule has 3 rings (SSSR count). The SMILES string of the molecule is CCOc1cc2[nH]c(=O)n(CCN3CCCCC3C)c(=O)c2cc1OCC. The molecule has 7 heteroatoms. The van der Waals surface area contributed by atoms with Crippen molar-refractivity contribution in [3.05, 3.63) is 33.0 Å². The molecule has 1 aromatic carbocycles. The Hall–Kier alpha value is -2.28. The van der Waals surface area contributed by atoms with Crippen molar-refractivity contribution >= 4 is 10.9 Å². The van der Waals surface area contributed by atoms with Crippen LogP contribution >= 0.6 is 0 Å². The fraction of sp³-hybridized carbons (Fsp3) is 0.600. The monoisotopic (exact) mass is 375 g/mol. The van der Waals surface area contributed by atoms with Gasteiger partial charge in [0.2, 0.25) is 0 Å². The van der Waals surface area contributed by atoms with Gasteiger partial charge in [0.05, 0.1) is 24.1 Å². The molecule has 1 aliphatic heterocycles. The van der Waals surface area contributed by atoms with Gasteiger partial charge in [-0.2, -0.15) is 0 Å². The van der Waals surface area contributed by atoms with Crippen LogP contribution in [0.5, 0.6) is 11.5 Å². The fourth-order valence-electron chi connectivity index (χ4n) is 3.72. The van der Waals surface area contributed by atoms with E-state index in [1.807, 2.05) is 13.8 Å². The van der Waals surface area contributed by atoms with Crippen LogP contribution in [0.4, 0.5) is 0 Å². The molecule has 0 spiro atoms. The van der Waals surface area contributed by atoms with E-state index < -0.39 is 0 Å². The summed E-state index contributed by atoms with van der Waals surface area (Å²) in [5.74, 6) is 1.05. The number of nitrogens with zero attached hydrogens (tertiary/aromatic N) is 2. The van der Waals surface area contributed by atoms with E-state index >= 15 is 0 Å². The van der Waals surface area contributed by atoms with Crippen LogP contribution in [0.15, 0.2) is 21.7 Å². The third kappa shape index (κ3) is 4.18. The van der Waals surface area contributed by atoms with Crippen LogP contribution in [-0.4, -0.2) is 46.8 Å². The van der Waals surface area contributed by atoms with Crippen molar-refractivity contribution < 1.29 is 9.47 Å². The Balaban J connectivity index is 1.95. The smallest absolute Gasteiger partial charge is 0.328 e. The van der Waals surface area contributed by atoms with Gasteiger partial charge in [-0.3, -0.25) is 14.3 Å². The van der Waals surface area contributed by atoms with E-state index in [-0.39, 0.29) is 11.2 Å². The molecule has 2 aromatic rings. The summed E-state index contributed by atoms with van der Waals surface area (Å²) in [6.45, 7) is 9.00. The summed E-state index contributed by atoms with van der Waals surface area (Å²) < 4.78 is 12.5. The van der Waals surface area contributed by atoms with Crippen LogP contribution in [0.3, 0.4) is 0 Å². The first-order valence-corrected chi connectivity index (χ1v) is 9.85. The maximum absolute atomic E-state index is 13.0. The summed E-state index contributed by atoms with van der Waals surface area (Å²) in [6.07, 6.45) is 3.59. The van der Waals surface area contributed by atoms with Crippen LogP contribution in [0, 0.1) is 0 Å². The van der Waals surface area contributed by atoms with Gasteiger partial charge < -0.3 is 14.5 Å². The Bertz CT molecular complexity index is 902. The first-order chi connectivity index (χ1) is 13.0. The number of ether oxygens (including phenoxy) is 2. The second kappa shape index (κ2) is 8.61. The molecule has 27 heavy (non-hydrogen) atoms. The Labute approximate surface area is 158 Å². The lowest BCUT2D eigenvalue weighted by Gasteiger charge is -2.33. The Kier molecular flexibility index (Phi) is 6.21. The molecule has 7 nitrogen and oxygen atoms in total. The van der Waals surface area contributed by atoms with Crippen LogP contribution in [0.25, 0.3) is 10.9 Å². The minimum atomic E-state index is -0.385. The number of likely N-dealkylation sites (tertiary alicyclic amines) is 1. The normalized spacial score (nSPS) is 18.0. The van der Waals surface area contributed by atoms with E-state index in [0.29, 0.717) is 54.7 Å². The topological polar surface area (TPSA) is 76.6 Å². The zero-order valence-corrected chi connectivity index (χ0v) is 16.4. The van der Waals surface area contributed by atoms with Gasteiger partial charge in [-0.1, -0.05) is 6.42 Å². The molecule has 1 fully saturated rings. The lowest BCUT2D eigenvalue weighted by Crippen LogP contribution is -2.43. The number of nitrogens with one attached hydrogen (secondary N) is 1. The van der Waals surface area contributed by atoms with Gasteiger partial charge in [-0.05, 0) is 46.2 Å². The van der Waals surface area contributed by atoms with E-state index in [9.17, 15) is 9.59 Å². The minimum Gasteiger partial charge on any atom is -0.490 e. The minimum absolute atomic E-state index is 0.289. The van der Waals surface area contributed by atoms with Gasteiger partial charge in [-0.25, -0.2) is 4.79 Å². The molecule has 1 unspecified atom stereocenters. The number of hydrogen-bond donors (Lipinski definition) is 1. The number of hydrogen-bond acceptors (Lipinski definition) is 5. The number of benzene rings is 1. The zero-order valence-electron chi connectivity index (χ0n) is 16.4. The highest BCUT2D eigenvalue weighted by atomic mass is 16.5. The van der Waals surface area contributed by atoms with Crippen molar-refractivity contribution in [2.24, 2.45) is 0 Å². The van der Waals surface area contributed by atoms with Crippen molar-refractivity contribution in [3.8, 4) is 11.5 Å². The average Bonchev–Trinajstić information content (AvgIpc) is 2.64. The molecule has 0 saturated carbocycles. The second-order valence-electron chi connectivity index (χ2n) is 6.98. The lowest BCUT2D eigenvalue weighted by molar-refractivity contribution is 0.154. The molecule has 2 heterocycles. The van der Waals surface area contributed by atoms with Crippen LogP contribution < -0.4 is 20.7 Å². The fourth-order valence-corrected chi connectivity index (χ4v) is 3.72. The first-order valence-electron chi connectivity index (χ1n) is 9.85. The van der Waals surface area contributed by atoms with Gasteiger partial charge in [0.15, 0.2) is 11.5 Å². The number of fused-ring (bicyclic) bond motifs is 1. The summed E-state index contributed by atoms with van der Waals surface area (Å²) in [5, 5.41) is 0.438. The molecule has 1 aliphatic rings. The summed E-state index contributed by atoms with van der Waals surface area (Å²) in [6, 6.07) is 3.83. The molecule has 148 valence electrons. The average molecular weight is 375 g/mol. The third-order valence-corrected chi connectivity index (χ3v) is 5.20.